The van der Waals surface area contributed by atoms with Crippen LogP contribution in [0.3, 0.4) is 0 Å². The zero-order valence-corrected chi connectivity index (χ0v) is 17.9. The summed E-state index contributed by atoms with van der Waals surface area (Å²) in [5.41, 5.74) is 4.15. The van der Waals surface area contributed by atoms with E-state index in [0.29, 0.717) is 22.4 Å². The Bertz CT molecular complexity index is 1380. The lowest BCUT2D eigenvalue weighted by atomic mass is 10.2. The van der Waals surface area contributed by atoms with Gasteiger partial charge in [-0.1, -0.05) is 72.3 Å². The van der Waals surface area contributed by atoms with Gasteiger partial charge in [0.1, 0.15) is 0 Å². The minimum absolute atomic E-state index is 0.0460. The molecule has 1 N–H and O–H groups in total. The third kappa shape index (κ3) is 3.95. The van der Waals surface area contributed by atoms with Gasteiger partial charge in [-0.05, 0) is 23.8 Å². The highest BCUT2D eigenvalue weighted by atomic mass is 35.5. The quantitative estimate of drug-likeness (QED) is 0.284. The SMILES string of the molecule is Oc1c(N=Nc2nc(-c3ccccc3)cs2)c2cc(Cl)ccc2n1Cc1ccccc1. The topological polar surface area (TPSA) is 62.8 Å². The Labute approximate surface area is 187 Å². The van der Waals surface area contributed by atoms with E-state index >= 15 is 0 Å². The average Bonchev–Trinajstić information content (AvgIpc) is 3.37. The summed E-state index contributed by atoms with van der Waals surface area (Å²) < 4.78 is 1.81. The third-order valence-electron chi connectivity index (χ3n) is 4.95. The van der Waals surface area contributed by atoms with Gasteiger partial charge in [-0.3, -0.25) is 0 Å². The van der Waals surface area contributed by atoms with Crippen molar-refractivity contribution in [2.45, 2.75) is 6.54 Å². The van der Waals surface area contributed by atoms with E-state index in [4.69, 9.17) is 11.6 Å². The van der Waals surface area contributed by atoms with E-state index in [0.717, 1.165) is 27.7 Å². The van der Waals surface area contributed by atoms with Crippen LogP contribution < -0.4 is 0 Å². The van der Waals surface area contributed by atoms with Crippen molar-refractivity contribution in [3.05, 3.63) is 94.8 Å². The van der Waals surface area contributed by atoms with E-state index in [9.17, 15) is 5.11 Å². The van der Waals surface area contributed by atoms with Gasteiger partial charge < -0.3 is 9.67 Å². The number of rotatable bonds is 5. The lowest BCUT2D eigenvalue weighted by molar-refractivity contribution is 0.429. The van der Waals surface area contributed by atoms with E-state index < -0.39 is 0 Å². The first-order valence-electron chi connectivity index (χ1n) is 9.66. The van der Waals surface area contributed by atoms with E-state index in [1.807, 2.05) is 76.7 Å². The molecule has 2 aromatic heterocycles. The molecule has 0 saturated carbocycles. The molecule has 0 saturated heterocycles. The molecule has 0 aliphatic heterocycles. The fraction of sp³-hybridized carbons (Fsp3) is 0.0417. The van der Waals surface area contributed by atoms with Gasteiger partial charge in [0.25, 0.3) is 0 Å². The van der Waals surface area contributed by atoms with Crippen LogP contribution in [-0.2, 0) is 6.54 Å². The number of aromatic hydroxyl groups is 1. The second-order valence-corrected chi connectivity index (χ2v) is 8.26. The highest BCUT2D eigenvalue weighted by Gasteiger charge is 2.17. The lowest BCUT2D eigenvalue weighted by Gasteiger charge is -2.07. The van der Waals surface area contributed by atoms with Gasteiger partial charge >= 0.3 is 0 Å². The monoisotopic (exact) mass is 444 g/mol. The van der Waals surface area contributed by atoms with E-state index in [2.05, 4.69) is 15.2 Å². The summed E-state index contributed by atoms with van der Waals surface area (Å²) >= 11 is 7.63. The number of hydrogen-bond donors (Lipinski definition) is 1. The molecule has 0 fully saturated rings. The van der Waals surface area contributed by atoms with Crippen molar-refractivity contribution in [3.63, 3.8) is 0 Å². The molecule has 5 rings (SSSR count). The summed E-state index contributed by atoms with van der Waals surface area (Å²) in [7, 11) is 0. The van der Waals surface area contributed by atoms with Gasteiger partial charge in [-0.25, -0.2) is 4.98 Å². The maximum Gasteiger partial charge on any atom is 0.230 e. The Morgan fingerprint density at radius 2 is 1.68 bits per heavy atom. The number of benzene rings is 3. The lowest BCUT2D eigenvalue weighted by Crippen LogP contribution is -1.98. The zero-order chi connectivity index (χ0) is 21.2. The third-order valence-corrected chi connectivity index (χ3v) is 5.91. The average molecular weight is 445 g/mol. The number of fused-ring (bicyclic) bond motifs is 1. The van der Waals surface area contributed by atoms with Crippen molar-refractivity contribution in [2.24, 2.45) is 10.2 Å². The molecular weight excluding hydrogens is 428 g/mol. The Kier molecular flexibility index (Phi) is 5.24. The first kappa shape index (κ1) is 19.5. The van der Waals surface area contributed by atoms with Gasteiger partial charge in [-0.2, -0.15) is 0 Å². The maximum absolute atomic E-state index is 11.0. The highest BCUT2D eigenvalue weighted by Crippen LogP contribution is 2.41. The van der Waals surface area contributed by atoms with Crippen LogP contribution in [-0.4, -0.2) is 14.7 Å². The summed E-state index contributed by atoms with van der Waals surface area (Å²) in [6, 6.07) is 25.3. The summed E-state index contributed by atoms with van der Waals surface area (Å²) in [5.74, 6) is 0.0460. The summed E-state index contributed by atoms with van der Waals surface area (Å²) in [5, 5.41) is 23.4. The highest BCUT2D eigenvalue weighted by molar-refractivity contribution is 7.13. The molecule has 0 bridgehead atoms. The molecule has 3 aromatic carbocycles. The van der Waals surface area contributed by atoms with E-state index in [1.165, 1.54) is 11.3 Å². The first-order chi connectivity index (χ1) is 15.2. The summed E-state index contributed by atoms with van der Waals surface area (Å²) in [6.07, 6.45) is 0. The fourth-order valence-corrected chi connectivity index (χ4v) is 4.28. The Balaban J connectivity index is 1.53. The van der Waals surface area contributed by atoms with Crippen LogP contribution in [0.1, 0.15) is 5.56 Å². The molecule has 5 aromatic rings. The van der Waals surface area contributed by atoms with Crippen LogP contribution in [0.4, 0.5) is 10.8 Å². The smallest absolute Gasteiger partial charge is 0.230 e. The predicted molar refractivity (Wildman–Crippen MR) is 126 cm³/mol. The van der Waals surface area contributed by atoms with Crippen LogP contribution in [0.2, 0.25) is 5.02 Å². The molecule has 0 unspecified atom stereocenters. The molecule has 0 amide bonds. The summed E-state index contributed by atoms with van der Waals surface area (Å²) in [4.78, 5) is 4.54. The van der Waals surface area contributed by atoms with Crippen molar-refractivity contribution in [1.82, 2.24) is 9.55 Å². The molecule has 152 valence electrons. The van der Waals surface area contributed by atoms with Crippen LogP contribution in [0.25, 0.3) is 22.2 Å². The molecule has 31 heavy (non-hydrogen) atoms. The summed E-state index contributed by atoms with van der Waals surface area (Å²) in [6.45, 7) is 0.510. The number of nitrogens with zero attached hydrogens (tertiary/aromatic N) is 4. The first-order valence-corrected chi connectivity index (χ1v) is 10.9. The van der Waals surface area contributed by atoms with E-state index in [1.54, 1.807) is 12.1 Å². The molecule has 0 spiro atoms. The molecule has 5 nitrogen and oxygen atoms in total. The predicted octanol–water partition coefficient (Wildman–Crippen LogP) is 7.59. The minimum atomic E-state index is 0.0460. The second-order valence-electron chi connectivity index (χ2n) is 6.99. The van der Waals surface area contributed by atoms with Crippen LogP contribution >= 0.6 is 22.9 Å². The van der Waals surface area contributed by atoms with Gasteiger partial charge in [-0.15, -0.1) is 21.6 Å². The van der Waals surface area contributed by atoms with Crippen molar-refractivity contribution >= 4 is 44.7 Å². The molecule has 0 aliphatic carbocycles. The normalized spacial score (nSPS) is 11.5. The number of azo groups is 1. The zero-order valence-electron chi connectivity index (χ0n) is 16.3. The Morgan fingerprint density at radius 1 is 0.935 bits per heavy atom. The maximum atomic E-state index is 11.0. The van der Waals surface area contributed by atoms with Gasteiger partial charge in [0, 0.05) is 21.4 Å². The fourth-order valence-electron chi connectivity index (χ4n) is 3.46. The molecule has 7 heteroatoms. The molecule has 2 heterocycles. The standard InChI is InChI=1S/C24H17ClN4OS/c25-18-11-12-21-19(13-18)22(23(30)29(21)14-16-7-3-1-4-8-16)27-28-24-26-20(15-31-24)17-9-5-2-6-10-17/h1-13,15,30H,14H2. The van der Waals surface area contributed by atoms with Gasteiger partial charge in [0.05, 0.1) is 17.8 Å². The van der Waals surface area contributed by atoms with Gasteiger partial charge in [0.15, 0.2) is 5.69 Å². The number of thiazole rings is 1. The Morgan fingerprint density at radius 3 is 2.45 bits per heavy atom. The van der Waals surface area contributed by atoms with Crippen molar-refractivity contribution < 1.29 is 5.11 Å². The number of aromatic nitrogens is 2. The molecule has 0 radical (unpaired) electrons. The molecule has 0 atom stereocenters. The van der Waals surface area contributed by atoms with Crippen LogP contribution in [0.5, 0.6) is 5.88 Å². The number of halogens is 1. The van der Waals surface area contributed by atoms with Crippen molar-refractivity contribution in [2.75, 3.05) is 0 Å². The molecular formula is C24H17ClN4OS. The Hall–Kier alpha value is -3.48. The largest absolute Gasteiger partial charge is 0.493 e. The van der Waals surface area contributed by atoms with Crippen LogP contribution in [0.15, 0.2) is 94.5 Å². The van der Waals surface area contributed by atoms with Crippen molar-refractivity contribution in [1.29, 1.82) is 0 Å². The molecule has 0 aliphatic rings. The number of hydrogen-bond acceptors (Lipinski definition) is 5. The minimum Gasteiger partial charge on any atom is -0.493 e. The van der Waals surface area contributed by atoms with E-state index in [-0.39, 0.29) is 5.88 Å². The van der Waals surface area contributed by atoms with Crippen LogP contribution in [0, 0.1) is 0 Å². The van der Waals surface area contributed by atoms with Gasteiger partial charge in [0.2, 0.25) is 11.0 Å². The second kappa shape index (κ2) is 8.34. The van der Waals surface area contributed by atoms with Crippen molar-refractivity contribution in [3.8, 4) is 17.1 Å².